The average molecular weight is 421 g/mol. The van der Waals surface area contributed by atoms with Gasteiger partial charge in [-0.2, -0.15) is 5.10 Å². The highest BCUT2D eigenvalue weighted by molar-refractivity contribution is 6.31. The van der Waals surface area contributed by atoms with Crippen molar-refractivity contribution in [2.24, 2.45) is 0 Å². The van der Waals surface area contributed by atoms with Crippen LogP contribution >= 0.6 is 11.6 Å². The van der Waals surface area contributed by atoms with Crippen LogP contribution in [-0.4, -0.2) is 42.0 Å². The molecule has 29 heavy (non-hydrogen) atoms. The van der Waals surface area contributed by atoms with Crippen LogP contribution in [0.15, 0.2) is 24.3 Å². The molecule has 1 fully saturated rings. The second kappa shape index (κ2) is 9.89. The number of hydrogen-bond donors (Lipinski definition) is 1. The zero-order valence-corrected chi connectivity index (χ0v) is 17.5. The molecule has 0 radical (unpaired) electrons. The van der Waals surface area contributed by atoms with Gasteiger partial charge in [0.2, 0.25) is 5.91 Å². The minimum Gasteiger partial charge on any atom is -0.378 e. The van der Waals surface area contributed by atoms with Crippen molar-refractivity contribution in [1.29, 1.82) is 0 Å². The van der Waals surface area contributed by atoms with E-state index in [0.717, 1.165) is 25.1 Å². The molecule has 1 N–H and O–H groups in total. The van der Waals surface area contributed by atoms with Crippen LogP contribution in [0.5, 0.6) is 0 Å². The molecule has 8 heteroatoms. The summed E-state index contributed by atoms with van der Waals surface area (Å²) in [6, 6.07) is 4.71. The molecule has 1 amide bonds. The maximum absolute atomic E-state index is 14.5. The molecule has 3 rings (SSSR count). The number of halogens is 2. The third-order valence-corrected chi connectivity index (χ3v) is 5.20. The zero-order valence-electron chi connectivity index (χ0n) is 16.8. The van der Waals surface area contributed by atoms with Crippen LogP contribution in [0.25, 0.3) is 6.08 Å². The topological polar surface area (TPSA) is 59.4 Å². The Bertz CT molecular complexity index is 891. The lowest BCUT2D eigenvalue weighted by molar-refractivity contribution is -0.111. The van der Waals surface area contributed by atoms with Crippen molar-refractivity contribution < 1.29 is 13.9 Å². The number of morpholine rings is 1. The van der Waals surface area contributed by atoms with E-state index in [9.17, 15) is 9.18 Å². The second-order valence-corrected chi connectivity index (χ2v) is 7.31. The van der Waals surface area contributed by atoms with Crippen LogP contribution in [0.2, 0.25) is 5.15 Å². The molecule has 1 aromatic heterocycles. The lowest BCUT2D eigenvalue weighted by Crippen LogP contribution is -2.36. The Morgan fingerprint density at radius 3 is 2.83 bits per heavy atom. The predicted octanol–water partition coefficient (Wildman–Crippen LogP) is 4.27. The number of nitrogens with zero attached hydrogens (tertiary/aromatic N) is 3. The number of aromatic nitrogens is 2. The number of ether oxygens (including phenoxy) is 1. The predicted molar refractivity (Wildman–Crippen MR) is 114 cm³/mol. The van der Waals surface area contributed by atoms with Crippen molar-refractivity contribution in [3.8, 4) is 0 Å². The highest BCUT2D eigenvalue weighted by atomic mass is 35.5. The Kier molecular flexibility index (Phi) is 7.28. The number of amides is 1. The van der Waals surface area contributed by atoms with E-state index in [0.29, 0.717) is 48.4 Å². The first kappa shape index (κ1) is 21.3. The Balaban J connectivity index is 1.65. The van der Waals surface area contributed by atoms with E-state index >= 15 is 0 Å². The molecule has 0 aliphatic carbocycles. The number of aryl methyl sites for hydroxylation is 2. The van der Waals surface area contributed by atoms with Crippen molar-refractivity contribution in [1.82, 2.24) is 9.78 Å². The number of hydrogen-bond acceptors (Lipinski definition) is 4. The number of carbonyl (C=O) groups excluding carboxylic acids is 1. The van der Waals surface area contributed by atoms with Gasteiger partial charge in [0.1, 0.15) is 11.0 Å². The van der Waals surface area contributed by atoms with Crippen LogP contribution in [-0.2, 0) is 16.1 Å². The van der Waals surface area contributed by atoms with Gasteiger partial charge in [-0.05, 0) is 37.6 Å². The van der Waals surface area contributed by atoms with Crippen molar-refractivity contribution in [2.45, 2.75) is 33.2 Å². The van der Waals surface area contributed by atoms with E-state index in [-0.39, 0.29) is 11.7 Å². The first-order chi connectivity index (χ1) is 14.0. The molecule has 1 aliphatic heterocycles. The van der Waals surface area contributed by atoms with Crippen LogP contribution < -0.4 is 10.2 Å². The Hall–Kier alpha value is -2.38. The molecule has 1 aromatic carbocycles. The summed E-state index contributed by atoms with van der Waals surface area (Å²) in [4.78, 5) is 14.2. The van der Waals surface area contributed by atoms with Crippen molar-refractivity contribution in [3.05, 3.63) is 46.5 Å². The molecule has 1 saturated heterocycles. The first-order valence-corrected chi connectivity index (χ1v) is 10.2. The number of carbonyl (C=O) groups is 1. The molecule has 1 aliphatic rings. The van der Waals surface area contributed by atoms with E-state index in [1.54, 1.807) is 22.9 Å². The maximum Gasteiger partial charge on any atom is 0.248 e. The standard InChI is InChI=1S/C21H26ClFN4O2/c1-3-4-9-27-21(22)17(15(2)25-27)6-8-20(28)24-16-5-7-19(18(23)14-16)26-10-12-29-13-11-26/h5-8,14H,3-4,9-13H2,1-2H3,(H,24,28)/b8-6+. The van der Waals surface area contributed by atoms with E-state index in [1.807, 2.05) is 11.8 Å². The first-order valence-electron chi connectivity index (χ1n) is 9.83. The third kappa shape index (κ3) is 5.36. The maximum atomic E-state index is 14.5. The fourth-order valence-electron chi connectivity index (χ4n) is 3.20. The summed E-state index contributed by atoms with van der Waals surface area (Å²) in [6.07, 6.45) is 5.05. The van der Waals surface area contributed by atoms with Gasteiger partial charge in [0, 0.05) is 37.0 Å². The number of unbranched alkanes of at least 4 members (excludes halogenated alkanes) is 1. The molecule has 2 heterocycles. The molecule has 0 saturated carbocycles. The number of benzene rings is 1. The average Bonchev–Trinajstić information content (AvgIpc) is 2.98. The highest BCUT2D eigenvalue weighted by Gasteiger charge is 2.16. The van der Waals surface area contributed by atoms with Crippen LogP contribution in [0.3, 0.4) is 0 Å². The van der Waals surface area contributed by atoms with Crippen LogP contribution in [0.4, 0.5) is 15.8 Å². The van der Waals surface area contributed by atoms with Gasteiger partial charge < -0.3 is 15.0 Å². The summed E-state index contributed by atoms with van der Waals surface area (Å²) in [7, 11) is 0. The summed E-state index contributed by atoms with van der Waals surface area (Å²) in [5.41, 5.74) is 2.39. The third-order valence-electron chi connectivity index (χ3n) is 4.80. The number of anilines is 2. The smallest absolute Gasteiger partial charge is 0.248 e. The molecular weight excluding hydrogens is 395 g/mol. The van der Waals surface area contributed by atoms with E-state index in [2.05, 4.69) is 17.3 Å². The lowest BCUT2D eigenvalue weighted by Gasteiger charge is -2.29. The largest absolute Gasteiger partial charge is 0.378 e. The van der Waals surface area contributed by atoms with Crippen molar-refractivity contribution >= 4 is 35.0 Å². The Labute approximate surface area is 175 Å². The fourth-order valence-corrected chi connectivity index (χ4v) is 3.52. The highest BCUT2D eigenvalue weighted by Crippen LogP contribution is 2.24. The van der Waals surface area contributed by atoms with Gasteiger partial charge in [-0.1, -0.05) is 24.9 Å². The second-order valence-electron chi connectivity index (χ2n) is 6.95. The molecular formula is C21H26ClFN4O2. The quantitative estimate of drug-likeness (QED) is 0.679. The van der Waals surface area contributed by atoms with Crippen LogP contribution in [0, 0.1) is 12.7 Å². The molecule has 0 unspecified atom stereocenters. The van der Waals surface area contributed by atoms with E-state index in [1.165, 1.54) is 12.1 Å². The molecule has 0 bridgehead atoms. The molecule has 2 aromatic rings. The summed E-state index contributed by atoms with van der Waals surface area (Å²) >= 11 is 6.38. The van der Waals surface area contributed by atoms with E-state index in [4.69, 9.17) is 16.3 Å². The SMILES string of the molecule is CCCCn1nc(C)c(/C=C/C(=O)Nc2ccc(N3CCOCC3)c(F)c2)c1Cl. The summed E-state index contributed by atoms with van der Waals surface area (Å²) in [6.45, 7) is 7.16. The van der Waals surface area contributed by atoms with Gasteiger partial charge in [0.15, 0.2) is 0 Å². The Morgan fingerprint density at radius 2 is 2.14 bits per heavy atom. The van der Waals surface area contributed by atoms with Gasteiger partial charge in [-0.25, -0.2) is 4.39 Å². The van der Waals surface area contributed by atoms with Crippen molar-refractivity contribution in [3.63, 3.8) is 0 Å². The monoisotopic (exact) mass is 420 g/mol. The number of rotatable bonds is 7. The summed E-state index contributed by atoms with van der Waals surface area (Å²) in [5, 5.41) is 7.61. The molecule has 0 spiro atoms. The number of nitrogens with one attached hydrogen (secondary N) is 1. The van der Waals surface area contributed by atoms with Gasteiger partial charge in [0.25, 0.3) is 0 Å². The zero-order chi connectivity index (χ0) is 20.8. The normalized spacial score (nSPS) is 14.6. The lowest BCUT2D eigenvalue weighted by atomic mass is 10.2. The molecule has 156 valence electrons. The molecule has 6 nitrogen and oxygen atoms in total. The molecule has 0 atom stereocenters. The fraction of sp³-hybridized carbons (Fsp3) is 0.429. The van der Waals surface area contributed by atoms with E-state index < -0.39 is 0 Å². The van der Waals surface area contributed by atoms with Gasteiger partial charge in [-0.3, -0.25) is 9.48 Å². The summed E-state index contributed by atoms with van der Waals surface area (Å²) in [5.74, 6) is -0.731. The van der Waals surface area contributed by atoms with Gasteiger partial charge >= 0.3 is 0 Å². The van der Waals surface area contributed by atoms with Gasteiger partial charge in [-0.15, -0.1) is 0 Å². The Morgan fingerprint density at radius 1 is 1.38 bits per heavy atom. The minimum absolute atomic E-state index is 0.361. The van der Waals surface area contributed by atoms with Crippen LogP contribution in [0.1, 0.15) is 31.0 Å². The summed E-state index contributed by atoms with van der Waals surface area (Å²) < 4.78 is 21.5. The van der Waals surface area contributed by atoms with Crippen molar-refractivity contribution in [2.75, 3.05) is 36.5 Å². The minimum atomic E-state index is -0.371. The van der Waals surface area contributed by atoms with Gasteiger partial charge in [0.05, 0.1) is 24.6 Å².